The molecule has 0 saturated heterocycles. The van der Waals surface area contributed by atoms with E-state index in [1.165, 1.54) is 60.0 Å². The molecule has 0 atom stereocenters. The summed E-state index contributed by atoms with van der Waals surface area (Å²) in [7, 11) is 0. The molecule has 0 spiro atoms. The van der Waals surface area contributed by atoms with E-state index >= 15 is 0 Å². The summed E-state index contributed by atoms with van der Waals surface area (Å²) in [6, 6.07) is 76.4. The minimum atomic E-state index is 0.860. The van der Waals surface area contributed by atoms with Crippen LogP contribution in [0, 0.1) is 0 Å². The third-order valence-electron chi connectivity index (χ3n) is 11.2. The van der Waals surface area contributed by atoms with E-state index in [1.807, 2.05) is 0 Å². The van der Waals surface area contributed by atoms with Gasteiger partial charge in [0, 0.05) is 33.4 Å². The van der Waals surface area contributed by atoms with Crippen molar-refractivity contribution in [1.29, 1.82) is 0 Å². The molecule has 11 rings (SSSR count). The van der Waals surface area contributed by atoms with E-state index < -0.39 is 0 Å². The Morgan fingerprint density at radius 3 is 1.14 bits per heavy atom. The highest BCUT2D eigenvalue weighted by molar-refractivity contribution is 6.24. The third-order valence-corrected chi connectivity index (χ3v) is 11.2. The van der Waals surface area contributed by atoms with Crippen LogP contribution in [0.15, 0.2) is 217 Å². The Hall–Kier alpha value is -7.42. The highest BCUT2D eigenvalue weighted by Gasteiger charge is 2.17. The van der Waals surface area contributed by atoms with Crippen molar-refractivity contribution in [3.8, 4) is 33.6 Å². The van der Waals surface area contributed by atoms with Crippen molar-refractivity contribution in [1.82, 2.24) is 0 Å². The molecule has 0 N–H and O–H groups in total. The lowest BCUT2D eigenvalue weighted by Gasteiger charge is -2.26. The SMILES string of the molecule is c1ccc2cc(-c3ccc(N(c4ccc(-c5ccc6ccccc6c5)cc4)c4ccc(-c5cc6c7ccccc7c7ccccc7c6o5)cc4)cc3)ccc2c1. The molecule has 2 nitrogen and oxygen atoms in total. The Bertz CT molecular complexity index is 3030. The average molecular weight is 714 g/mol. The molecule has 1 heterocycles. The molecule has 0 aliphatic heterocycles. The van der Waals surface area contributed by atoms with E-state index in [2.05, 4.69) is 217 Å². The number of furan rings is 1. The van der Waals surface area contributed by atoms with Crippen LogP contribution in [-0.2, 0) is 0 Å². The van der Waals surface area contributed by atoms with Crippen molar-refractivity contribution in [3.05, 3.63) is 212 Å². The topological polar surface area (TPSA) is 16.4 Å². The van der Waals surface area contributed by atoms with Gasteiger partial charge in [-0.25, -0.2) is 0 Å². The van der Waals surface area contributed by atoms with Crippen molar-refractivity contribution in [2.45, 2.75) is 0 Å². The Morgan fingerprint density at radius 2 is 0.643 bits per heavy atom. The number of hydrogen-bond acceptors (Lipinski definition) is 2. The first-order chi connectivity index (χ1) is 27.7. The summed E-state index contributed by atoms with van der Waals surface area (Å²) in [5.74, 6) is 0.860. The van der Waals surface area contributed by atoms with E-state index in [-0.39, 0.29) is 0 Å². The summed E-state index contributed by atoms with van der Waals surface area (Å²) in [6.45, 7) is 0. The van der Waals surface area contributed by atoms with Gasteiger partial charge in [-0.05, 0) is 127 Å². The highest BCUT2D eigenvalue weighted by atomic mass is 16.3. The largest absolute Gasteiger partial charge is 0.455 e. The third kappa shape index (κ3) is 5.51. The van der Waals surface area contributed by atoms with Crippen molar-refractivity contribution in [2.75, 3.05) is 4.90 Å². The van der Waals surface area contributed by atoms with Crippen LogP contribution in [0.5, 0.6) is 0 Å². The Balaban J connectivity index is 0.985. The molecule has 0 radical (unpaired) electrons. The quantitative estimate of drug-likeness (QED) is 0.160. The van der Waals surface area contributed by atoms with Crippen LogP contribution in [0.1, 0.15) is 0 Å². The number of fused-ring (bicyclic) bond motifs is 8. The predicted molar refractivity (Wildman–Crippen MR) is 237 cm³/mol. The molecule has 10 aromatic carbocycles. The lowest BCUT2D eigenvalue weighted by molar-refractivity contribution is 0.635. The molecule has 1 aromatic heterocycles. The maximum absolute atomic E-state index is 6.70. The molecule has 0 aliphatic rings. The molecule has 0 aliphatic carbocycles. The maximum atomic E-state index is 6.70. The van der Waals surface area contributed by atoms with E-state index in [1.54, 1.807) is 0 Å². The first-order valence-corrected chi connectivity index (χ1v) is 19.2. The van der Waals surface area contributed by atoms with Gasteiger partial charge in [-0.15, -0.1) is 0 Å². The van der Waals surface area contributed by atoms with E-state index in [9.17, 15) is 0 Å². The average Bonchev–Trinajstić information content (AvgIpc) is 3.73. The van der Waals surface area contributed by atoms with Gasteiger partial charge in [0.1, 0.15) is 11.3 Å². The summed E-state index contributed by atoms with van der Waals surface area (Å²) >= 11 is 0. The second kappa shape index (κ2) is 13.2. The fraction of sp³-hybridized carbons (Fsp3) is 0. The first kappa shape index (κ1) is 32.0. The lowest BCUT2D eigenvalue weighted by atomic mass is 9.98. The Morgan fingerprint density at radius 1 is 0.268 bits per heavy atom. The van der Waals surface area contributed by atoms with Crippen molar-refractivity contribution in [3.63, 3.8) is 0 Å². The molecule has 0 saturated carbocycles. The molecular weight excluding hydrogens is 679 g/mol. The Labute approximate surface area is 325 Å². The summed E-state index contributed by atoms with van der Waals surface area (Å²) in [5, 5.41) is 10.9. The van der Waals surface area contributed by atoms with Crippen LogP contribution in [0.4, 0.5) is 17.1 Å². The fourth-order valence-electron chi connectivity index (χ4n) is 8.37. The van der Waals surface area contributed by atoms with Gasteiger partial charge in [-0.3, -0.25) is 0 Å². The number of hydrogen-bond donors (Lipinski definition) is 0. The van der Waals surface area contributed by atoms with Gasteiger partial charge in [0.15, 0.2) is 0 Å². The van der Waals surface area contributed by atoms with E-state index in [0.29, 0.717) is 0 Å². The van der Waals surface area contributed by atoms with Crippen LogP contribution < -0.4 is 4.90 Å². The first-order valence-electron chi connectivity index (χ1n) is 19.2. The second-order valence-corrected chi connectivity index (χ2v) is 14.5. The normalized spacial score (nSPS) is 11.6. The minimum Gasteiger partial charge on any atom is -0.455 e. The monoisotopic (exact) mass is 713 g/mol. The van der Waals surface area contributed by atoms with Gasteiger partial charge in [0.05, 0.1) is 0 Å². The zero-order chi connectivity index (χ0) is 37.0. The lowest BCUT2D eigenvalue weighted by Crippen LogP contribution is -2.09. The molecule has 0 bridgehead atoms. The number of benzene rings is 10. The molecular formula is C54H35NO. The standard InChI is InChI=1S/C54H35NO/c1-3-11-41-33-43(19-17-36(41)9-1)38-21-27-45(28-22-38)55(46-29-23-39(24-30-46)44-20-18-37-10-2-4-12-42(37)34-44)47-31-25-40(26-32-47)53-35-52-50-15-6-5-13-48(50)49-14-7-8-16-51(49)54(52)56-53/h1-35H. The zero-order valence-electron chi connectivity index (χ0n) is 30.6. The molecule has 56 heavy (non-hydrogen) atoms. The van der Waals surface area contributed by atoms with Gasteiger partial charge in [0.25, 0.3) is 0 Å². The van der Waals surface area contributed by atoms with Crippen molar-refractivity contribution >= 4 is 71.1 Å². The Kier molecular flexibility index (Phi) is 7.53. The molecule has 0 amide bonds. The van der Waals surface area contributed by atoms with Crippen molar-refractivity contribution < 1.29 is 4.42 Å². The maximum Gasteiger partial charge on any atom is 0.143 e. The minimum absolute atomic E-state index is 0.860. The van der Waals surface area contributed by atoms with Crippen LogP contribution in [-0.4, -0.2) is 0 Å². The smallest absolute Gasteiger partial charge is 0.143 e. The fourth-order valence-corrected chi connectivity index (χ4v) is 8.37. The van der Waals surface area contributed by atoms with E-state index in [4.69, 9.17) is 4.42 Å². The van der Waals surface area contributed by atoms with Gasteiger partial charge in [-0.1, -0.05) is 146 Å². The van der Waals surface area contributed by atoms with Gasteiger partial charge < -0.3 is 9.32 Å². The summed E-state index contributed by atoms with van der Waals surface area (Å²) in [6.07, 6.45) is 0. The summed E-state index contributed by atoms with van der Waals surface area (Å²) in [4.78, 5) is 2.33. The predicted octanol–water partition coefficient (Wildman–Crippen LogP) is 15.5. The molecule has 0 fully saturated rings. The van der Waals surface area contributed by atoms with Crippen LogP contribution >= 0.6 is 0 Å². The van der Waals surface area contributed by atoms with E-state index in [0.717, 1.165) is 44.7 Å². The highest BCUT2D eigenvalue weighted by Crippen LogP contribution is 2.41. The second-order valence-electron chi connectivity index (χ2n) is 14.5. The molecule has 0 unspecified atom stereocenters. The molecule has 2 heteroatoms. The van der Waals surface area contributed by atoms with Crippen LogP contribution in [0.3, 0.4) is 0 Å². The molecule has 11 aromatic rings. The van der Waals surface area contributed by atoms with Crippen molar-refractivity contribution in [2.24, 2.45) is 0 Å². The zero-order valence-corrected chi connectivity index (χ0v) is 30.6. The summed E-state index contributed by atoms with van der Waals surface area (Å²) < 4.78 is 6.70. The van der Waals surface area contributed by atoms with Gasteiger partial charge in [0.2, 0.25) is 0 Å². The number of rotatable bonds is 6. The van der Waals surface area contributed by atoms with Gasteiger partial charge >= 0.3 is 0 Å². The van der Waals surface area contributed by atoms with Crippen LogP contribution in [0.2, 0.25) is 0 Å². The number of anilines is 3. The molecule has 262 valence electrons. The summed E-state index contributed by atoms with van der Waals surface area (Å²) in [5.41, 5.74) is 9.99. The number of nitrogens with zero attached hydrogens (tertiary/aromatic N) is 1. The van der Waals surface area contributed by atoms with Crippen LogP contribution in [0.25, 0.3) is 87.6 Å². The van der Waals surface area contributed by atoms with Gasteiger partial charge in [-0.2, -0.15) is 0 Å².